The third kappa shape index (κ3) is 2.33. The van der Waals surface area contributed by atoms with Crippen LogP contribution in [0.1, 0.15) is 61.6 Å². The summed E-state index contributed by atoms with van der Waals surface area (Å²) in [7, 11) is 0. The van der Waals surface area contributed by atoms with Gasteiger partial charge in [0.05, 0.1) is 12.6 Å². The lowest BCUT2D eigenvalue weighted by atomic mass is 10.0. The van der Waals surface area contributed by atoms with E-state index < -0.39 is 0 Å². The summed E-state index contributed by atoms with van der Waals surface area (Å²) in [6.45, 7) is 1.76. The Morgan fingerprint density at radius 3 is 3.05 bits per heavy atom. The molecule has 4 rings (SSSR count). The molecule has 7 nitrogen and oxygen atoms in total. The molecular weight excluding hydrogens is 256 g/mol. The van der Waals surface area contributed by atoms with E-state index in [0.717, 1.165) is 37.0 Å². The van der Waals surface area contributed by atoms with Gasteiger partial charge in [0, 0.05) is 5.92 Å². The van der Waals surface area contributed by atoms with Crippen LogP contribution in [0.25, 0.3) is 0 Å². The summed E-state index contributed by atoms with van der Waals surface area (Å²) in [5.74, 6) is 3.06. The van der Waals surface area contributed by atoms with Gasteiger partial charge in [0.25, 0.3) is 0 Å². The van der Waals surface area contributed by atoms with Crippen molar-refractivity contribution < 1.29 is 4.52 Å². The lowest BCUT2D eigenvalue weighted by molar-refractivity contribution is 0.129. The fourth-order valence-electron chi connectivity index (χ4n) is 2.87. The SMILES string of the molecule is c1n[nH]c(C2CCCCN2Cc2noc(C3CC3)n2)n1. The highest BCUT2D eigenvalue weighted by Gasteiger charge is 2.31. The monoisotopic (exact) mass is 274 g/mol. The van der Waals surface area contributed by atoms with Crippen LogP contribution in [0, 0.1) is 0 Å². The molecule has 7 heteroatoms. The second kappa shape index (κ2) is 4.97. The predicted octanol–water partition coefficient (Wildman–Crippen LogP) is 1.79. The van der Waals surface area contributed by atoms with Crippen molar-refractivity contribution in [3.05, 3.63) is 23.9 Å². The molecule has 0 radical (unpaired) electrons. The van der Waals surface area contributed by atoms with Gasteiger partial charge < -0.3 is 4.52 Å². The highest BCUT2D eigenvalue weighted by atomic mass is 16.5. The summed E-state index contributed by atoms with van der Waals surface area (Å²) in [6.07, 6.45) is 7.47. The summed E-state index contributed by atoms with van der Waals surface area (Å²) in [5, 5.41) is 11.1. The molecule has 1 atom stereocenters. The van der Waals surface area contributed by atoms with Crippen LogP contribution in [0.15, 0.2) is 10.9 Å². The van der Waals surface area contributed by atoms with Crippen LogP contribution in [0.5, 0.6) is 0 Å². The van der Waals surface area contributed by atoms with Crippen molar-refractivity contribution in [2.24, 2.45) is 0 Å². The molecule has 1 aliphatic heterocycles. The minimum atomic E-state index is 0.286. The average molecular weight is 274 g/mol. The molecule has 2 fully saturated rings. The Morgan fingerprint density at radius 2 is 2.25 bits per heavy atom. The molecule has 1 aliphatic carbocycles. The predicted molar refractivity (Wildman–Crippen MR) is 69.7 cm³/mol. The molecule has 2 aromatic rings. The number of aromatic amines is 1. The Hall–Kier alpha value is -1.76. The van der Waals surface area contributed by atoms with Gasteiger partial charge in [0.15, 0.2) is 5.82 Å². The van der Waals surface area contributed by atoms with Crippen molar-refractivity contribution >= 4 is 0 Å². The quantitative estimate of drug-likeness (QED) is 0.915. The molecule has 2 aliphatic rings. The van der Waals surface area contributed by atoms with Gasteiger partial charge in [-0.3, -0.25) is 10.00 Å². The van der Waals surface area contributed by atoms with E-state index in [1.807, 2.05) is 0 Å². The zero-order chi connectivity index (χ0) is 13.4. The van der Waals surface area contributed by atoms with Crippen LogP contribution in [-0.4, -0.2) is 36.8 Å². The minimum absolute atomic E-state index is 0.286. The second-order valence-electron chi connectivity index (χ2n) is 5.68. The number of hydrogen-bond acceptors (Lipinski definition) is 6. The van der Waals surface area contributed by atoms with E-state index in [1.54, 1.807) is 6.33 Å². The first-order valence-corrected chi connectivity index (χ1v) is 7.32. The Balaban J connectivity index is 1.49. The molecule has 1 N–H and O–H groups in total. The molecule has 106 valence electrons. The van der Waals surface area contributed by atoms with Crippen molar-refractivity contribution in [1.82, 2.24) is 30.2 Å². The first-order chi connectivity index (χ1) is 9.90. The van der Waals surface area contributed by atoms with Gasteiger partial charge in [-0.05, 0) is 32.2 Å². The normalized spacial score (nSPS) is 24.1. The zero-order valence-electron chi connectivity index (χ0n) is 11.3. The highest BCUT2D eigenvalue weighted by Crippen LogP contribution is 2.39. The molecule has 0 spiro atoms. The second-order valence-corrected chi connectivity index (χ2v) is 5.68. The molecule has 20 heavy (non-hydrogen) atoms. The lowest BCUT2D eigenvalue weighted by Gasteiger charge is -2.33. The summed E-state index contributed by atoms with van der Waals surface area (Å²) >= 11 is 0. The van der Waals surface area contributed by atoms with Gasteiger partial charge in [0.1, 0.15) is 12.2 Å². The summed E-state index contributed by atoms with van der Waals surface area (Å²) in [4.78, 5) is 11.2. The van der Waals surface area contributed by atoms with E-state index in [0.29, 0.717) is 5.92 Å². The van der Waals surface area contributed by atoms with Crippen molar-refractivity contribution in [3.8, 4) is 0 Å². The van der Waals surface area contributed by atoms with Crippen LogP contribution in [0.3, 0.4) is 0 Å². The first-order valence-electron chi connectivity index (χ1n) is 7.32. The van der Waals surface area contributed by atoms with Gasteiger partial charge in [-0.1, -0.05) is 11.6 Å². The Labute approximate surface area is 116 Å². The molecule has 1 unspecified atom stereocenters. The van der Waals surface area contributed by atoms with E-state index in [9.17, 15) is 0 Å². The van der Waals surface area contributed by atoms with Crippen LogP contribution in [0.4, 0.5) is 0 Å². The Morgan fingerprint density at radius 1 is 1.30 bits per heavy atom. The largest absolute Gasteiger partial charge is 0.339 e. The highest BCUT2D eigenvalue weighted by molar-refractivity contribution is 5.02. The van der Waals surface area contributed by atoms with Crippen LogP contribution < -0.4 is 0 Å². The van der Waals surface area contributed by atoms with Crippen LogP contribution in [0.2, 0.25) is 0 Å². The number of nitrogens with one attached hydrogen (secondary N) is 1. The van der Waals surface area contributed by atoms with Crippen LogP contribution in [-0.2, 0) is 6.54 Å². The average Bonchev–Trinajstić information content (AvgIpc) is 3.00. The van der Waals surface area contributed by atoms with Crippen LogP contribution >= 0.6 is 0 Å². The number of hydrogen-bond donors (Lipinski definition) is 1. The Bertz CT molecular complexity index is 561. The van der Waals surface area contributed by atoms with Gasteiger partial charge in [-0.2, -0.15) is 10.1 Å². The number of likely N-dealkylation sites (tertiary alicyclic amines) is 1. The molecule has 0 aromatic carbocycles. The van der Waals surface area contributed by atoms with Crippen molar-refractivity contribution in [2.75, 3.05) is 6.54 Å². The maximum atomic E-state index is 5.33. The van der Waals surface area contributed by atoms with Gasteiger partial charge >= 0.3 is 0 Å². The standard InChI is InChI=1S/C13H18N6O/c1-2-6-19(10(3-1)12-14-8-15-17-12)7-11-16-13(20-18-11)9-4-5-9/h8-10H,1-7H2,(H,14,15,17). The number of piperidine rings is 1. The third-order valence-corrected chi connectivity index (χ3v) is 4.12. The minimum Gasteiger partial charge on any atom is -0.339 e. The lowest BCUT2D eigenvalue weighted by Crippen LogP contribution is -2.34. The number of H-pyrrole nitrogens is 1. The zero-order valence-corrected chi connectivity index (χ0v) is 11.3. The van der Waals surface area contributed by atoms with Gasteiger partial charge in [-0.15, -0.1) is 0 Å². The molecule has 1 saturated carbocycles. The van der Waals surface area contributed by atoms with E-state index in [1.165, 1.54) is 25.7 Å². The molecule has 1 saturated heterocycles. The molecular formula is C13H18N6O. The third-order valence-electron chi connectivity index (χ3n) is 4.12. The first kappa shape index (κ1) is 12.0. The summed E-state index contributed by atoms with van der Waals surface area (Å²) in [5.41, 5.74) is 0. The number of nitrogens with zero attached hydrogens (tertiary/aromatic N) is 5. The van der Waals surface area contributed by atoms with E-state index in [2.05, 4.69) is 30.2 Å². The molecule has 0 amide bonds. The summed E-state index contributed by atoms with van der Waals surface area (Å²) < 4.78 is 5.33. The van der Waals surface area contributed by atoms with Crippen molar-refractivity contribution in [2.45, 2.75) is 50.6 Å². The van der Waals surface area contributed by atoms with Crippen molar-refractivity contribution in [1.29, 1.82) is 0 Å². The van der Waals surface area contributed by atoms with Crippen molar-refractivity contribution in [3.63, 3.8) is 0 Å². The maximum absolute atomic E-state index is 5.33. The summed E-state index contributed by atoms with van der Waals surface area (Å²) in [6, 6.07) is 0.286. The number of rotatable bonds is 4. The van der Waals surface area contributed by atoms with E-state index in [4.69, 9.17) is 4.52 Å². The molecule has 2 aromatic heterocycles. The van der Waals surface area contributed by atoms with Gasteiger partial charge in [0.2, 0.25) is 5.89 Å². The maximum Gasteiger partial charge on any atom is 0.229 e. The smallest absolute Gasteiger partial charge is 0.229 e. The number of aromatic nitrogens is 5. The topological polar surface area (TPSA) is 83.7 Å². The fourth-order valence-corrected chi connectivity index (χ4v) is 2.87. The van der Waals surface area contributed by atoms with E-state index >= 15 is 0 Å². The Kier molecular flexibility index (Phi) is 2.99. The van der Waals surface area contributed by atoms with Gasteiger partial charge in [-0.25, -0.2) is 4.98 Å². The molecule has 3 heterocycles. The van der Waals surface area contributed by atoms with E-state index in [-0.39, 0.29) is 6.04 Å². The molecule has 0 bridgehead atoms. The fraction of sp³-hybridized carbons (Fsp3) is 0.692.